The Kier molecular flexibility index (Phi) is 2.78. The average molecular weight is 253 g/mol. The van der Waals surface area contributed by atoms with E-state index in [-0.39, 0.29) is 0 Å². The third kappa shape index (κ3) is 1.87. The summed E-state index contributed by atoms with van der Waals surface area (Å²) in [6.07, 6.45) is 1.70. The molecule has 0 aliphatic carbocycles. The van der Waals surface area contributed by atoms with Gasteiger partial charge in [-0.3, -0.25) is 9.67 Å². The van der Waals surface area contributed by atoms with Crippen LogP contribution in [0.3, 0.4) is 0 Å². The van der Waals surface area contributed by atoms with E-state index in [0.29, 0.717) is 4.77 Å². The number of para-hydroxylation sites is 1. The summed E-state index contributed by atoms with van der Waals surface area (Å²) >= 11 is 5.22. The van der Waals surface area contributed by atoms with Crippen molar-refractivity contribution in [3.05, 3.63) is 65.7 Å². The summed E-state index contributed by atoms with van der Waals surface area (Å²) in [6.45, 7) is 0. The SMILES string of the molecule is S=c1[nH]ncn1-c1ccccc1-c1ccccc1. The van der Waals surface area contributed by atoms with E-state index >= 15 is 0 Å². The van der Waals surface area contributed by atoms with Crippen LogP contribution in [0, 0.1) is 4.77 Å². The number of nitrogens with zero attached hydrogens (tertiary/aromatic N) is 2. The largest absolute Gasteiger partial charge is 0.274 e. The van der Waals surface area contributed by atoms with Gasteiger partial charge in [0.1, 0.15) is 6.33 Å². The minimum Gasteiger partial charge on any atom is -0.274 e. The van der Waals surface area contributed by atoms with E-state index in [0.717, 1.165) is 16.8 Å². The highest BCUT2D eigenvalue weighted by atomic mass is 32.1. The molecule has 3 rings (SSSR count). The molecular formula is C14H11N3S. The van der Waals surface area contributed by atoms with Gasteiger partial charge in [-0.15, -0.1) is 0 Å². The summed E-state index contributed by atoms with van der Waals surface area (Å²) in [5, 5.41) is 6.74. The number of aromatic nitrogens is 3. The fourth-order valence-corrected chi connectivity index (χ4v) is 2.16. The Morgan fingerprint density at radius 1 is 0.944 bits per heavy atom. The van der Waals surface area contributed by atoms with Crippen LogP contribution in [0.5, 0.6) is 0 Å². The highest BCUT2D eigenvalue weighted by molar-refractivity contribution is 7.71. The Morgan fingerprint density at radius 2 is 1.67 bits per heavy atom. The Bertz CT molecular complexity index is 713. The van der Waals surface area contributed by atoms with Crippen LogP contribution in [0.2, 0.25) is 0 Å². The van der Waals surface area contributed by atoms with Gasteiger partial charge >= 0.3 is 0 Å². The van der Waals surface area contributed by atoms with Crippen LogP contribution in [-0.2, 0) is 0 Å². The summed E-state index contributed by atoms with van der Waals surface area (Å²) in [6, 6.07) is 18.4. The zero-order valence-corrected chi connectivity index (χ0v) is 10.4. The summed E-state index contributed by atoms with van der Waals surface area (Å²) in [5.74, 6) is 0. The number of nitrogens with one attached hydrogen (secondary N) is 1. The van der Waals surface area contributed by atoms with Gasteiger partial charge in [0, 0.05) is 5.56 Å². The lowest BCUT2D eigenvalue weighted by molar-refractivity contribution is 1.03. The smallest absolute Gasteiger partial charge is 0.199 e. The molecule has 1 N–H and O–H groups in total. The fourth-order valence-electron chi connectivity index (χ4n) is 1.97. The van der Waals surface area contributed by atoms with E-state index in [9.17, 15) is 0 Å². The molecule has 0 unspecified atom stereocenters. The van der Waals surface area contributed by atoms with Crippen molar-refractivity contribution in [1.82, 2.24) is 14.8 Å². The Hall–Kier alpha value is -2.20. The molecule has 0 atom stereocenters. The van der Waals surface area contributed by atoms with Crippen LogP contribution < -0.4 is 0 Å². The first kappa shape index (κ1) is 10.9. The van der Waals surface area contributed by atoms with Crippen LogP contribution >= 0.6 is 12.2 Å². The van der Waals surface area contributed by atoms with E-state index in [1.54, 1.807) is 6.33 Å². The average Bonchev–Trinajstić information content (AvgIpc) is 2.86. The van der Waals surface area contributed by atoms with Crippen molar-refractivity contribution < 1.29 is 0 Å². The molecule has 88 valence electrons. The molecule has 0 amide bonds. The molecule has 1 heterocycles. The van der Waals surface area contributed by atoms with Gasteiger partial charge in [0.25, 0.3) is 0 Å². The van der Waals surface area contributed by atoms with Crippen molar-refractivity contribution >= 4 is 12.2 Å². The number of benzene rings is 2. The van der Waals surface area contributed by atoms with E-state index in [1.165, 1.54) is 0 Å². The zero-order chi connectivity index (χ0) is 12.4. The van der Waals surface area contributed by atoms with Gasteiger partial charge in [0.05, 0.1) is 5.69 Å². The number of aromatic amines is 1. The van der Waals surface area contributed by atoms with Crippen molar-refractivity contribution in [2.24, 2.45) is 0 Å². The molecule has 0 aliphatic heterocycles. The van der Waals surface area contributed by atoms with E-state index in [2.05, 4.69) is 28.4 Å². The molecule has 2 aromatic carbocycles. The molecular weight excluding hydrogens is 242 g/mol. The highest BCUT2D eigenvalue weighted by Crippen LogP contribution is 2.26. The lowest BCUT2D eigenvalue weighted by Gasteiger charge is -2.09. The molecule has 1 aromatic heterocycles. The Labute approximate surface area is 110 Å². The normalized spacial score (nSPS) is 10.4. The lowest BCUT2D eigenvalue weighted by atomic mass is 10.0. The lowest BCUT2D eigenvalue weighted by Crippen LogP contribution is -1.95. The summed E-state index contributed by atoms with van der Waals surface area (Å²) in [5.41, 5.74) is 3.33. The van der Waals surface area contributed by atoms with Crippen molar-refractivity contribution in [3.8, 4) is 16.8 Å². The molecule has 0 bridgehead atoms. The minimum absolute atomic E-state index is 0.596. The first-order valence-electron chi connectivity index (χ1n) is 5.63. The standard InChI is InChI=1S/C14H11N3S/c18-14-16-15-10-17(14)13-9-5-4-8-12(13)11-6-2-1-3-7-11/h1-10H,(H,16,18). The predicted molar refractivity (Wildman–Crippen MR) is 74.2 cm³/mol. The summed E-state index contributed by atoms with van der Waals surface area (Å²) in [4.78, 5) is 0. The fraction of sp³-hybridized carbons (Fsp3) is 0. The molecule has 0 spiro atoms. The van der Waals surface area contributed by atoms with Crippen LogP contribution in [0.4, 0.5) is 0 Å². The molecule has 0 fully saturated rings. The number of rotatable bonds is 2. The Morgan fingerprint density at radius 3 is 2.39 bits per heavy atom. The third-order valence-corrected chi connectivity index (χ3v) is 3.09. The minimum atomic E-state index is 0.596. The first-order valence-corrected chi connectivity index (χ1v) is 6.04. The van der Waals surface area contributed by atoms with Gasteiger partial charge in [-0.25, -0.2) is 0 Å². The van der Waals surface area contributed by atoms with Gasteiger partial charge < -0.3 is 0 Å². The molecule has 3 nitrogen and oxygen atoms in total. The zero-order valence-electron chi connectivity index (χ0n) is 9.58. The maximum atomic E-state index is 5.22. The van der Waals surface area contributed by atoms with Gasteiger partial charge in [0.15, 0.2) is 4.77 Å². The monoisotopic (exact) mass is 253 g/mol. The van der Waals surface area contributed by atoms with Gasteiger partial charge in [-0.1, -0.05) is 48.5 Å². The van der Waals surface area contributed by atoms with Crippen molar-refractivity contribution in [1.29, 1.82) is 0 Å². The predicted octanol–water partition coefficient (Wildman–Crippen LogP) is 3.60. The van der Waals surface area contributed by atoms with Crippen molar-refractivity contribution in [3.63, 3.8) is 0 Å². The first-order chi connectivity index (χ1) is 8.86. The topological polar surface area (TPSA) is 33.6 Å². The van der Waals surface area contributed by atoms with Crippen LogP contribution in [0.25, 0.3) is 16.8 Å². The molecule has 0 aliphatic rings. The molecule has 0 saturated carbocycles. The quantitative estimate of drug-likeness (QED) is 0.708. The van der Waals surface area contributed by atoms with E-state index in [4.69, 9.17) is 12.2 Å². The maximum absolute atomic E-state index is 5.22. The van der Waals surface area contributed by atoms with Crippen molar-refractivity contribution in [2.45, 2.75) is 0 Å². The van der Waals surface area contributed by atoms with Crippen molar-refractivity contribution in [2.75, 3.05) is 0 Å². The van der Waals surface area contributed by atoms with Crippen LogP contribution in [-0.4, -0.2) is 14.8 Å². The Balaban J connectivity index is 2.24. The molecule has 0 radical (unpaired) electrons. The van der Waals surface area contributed by atoms with Crippen LogP contribution in [0.1, 0.15) is 0 Å². The molecule has 18 heavy (non-hydrogen) atoms. The number of hydrogen-bond acceptors (Lipinski definition) is 2. The molecule has 0 saturated heterocycles. The second-order valence-corrected chi connectivity index (χ2v) is 4.30. The number of hydrogen-bond donors (Lipinski definition) is 1. The van der Waals surface area contributed by atoms with Crippen LogP contribution in [0.15, 0.2) is 60.9 Å². The maximum Gasteiger partial charge on any atom is 0.199 e. The second-order valence-electron chi connectivity index (χ2n) is 3.91. The van der Waals surface area contributed by atoms with Gasteiger partial charge in [-0.2, -0.15) is 5.10 Å². The second kappa shape index (κ2) is 4.58. The van der Waals surface area contributed by atoms with Gasteiger partial charge in [-0.05, 0) is 23.8 Å². The summed E-state index contributed by atoms with van der Waals surface area (Å²) in [7, 11) is 0. The molecule has 4 heteroatoms. The van der Waals surface area contributed by atoms with E-state index < -0.39 is 0 Å². The summed E-state index contributed by atoms with van der Waals surface area (Å²) < 4.78 is 2.47. The number of H-pyrrole nitrogens is 1. The highest BCUT2D eigenvalue weighted by Gasteiger charge is 2.06. The van der Waals surface area contributed by atoms with Gasteiger partial charge in [0.2, 0.25) is 0 Å². The molecule has 3 aromatic rings. The third-order valence-electron chi connectivity index (χ3n) is 2.80. The van der Waals surface area contributed by atoms with E-state index in [1.807, 2.05) is 41.0 Å².